The highest BCUT2D eigenvalue weighted by molar-refractivity contribution is 5.99. The number of rotatable bonds is 7. The Hall–Kier alpha value is -1.79. The SMILES string of the molecule is CCCOC(=O)c1cc(NC(=O)CC(C)C)ccc1N1CCOCC1.Cl. The number of morpholine rings is 1. The molecule has 0 spiro atoms. The highest BCUT2D eigenvalue weighted by atomic mass is 35.5. The van der Waals surface area contributed by atoms with E-state index in [9.17, 15) is 9.59 Å². The fourth-order valence-corrected chi connectivity index (χ4v) is 2.71. The number of carbonyl (C=O) groups excluding carboxylic acids is 2. The number of benzene rings is 1. The van der Waals surface area contributed by atoms with Crippen molar-refractivity contribution in [2.75, 3.05) is 43.1 Å². The van der Waals surface area contributed by atoms with E-state index in [2.05, 4.69) is 10.2 Å². The molecule has 0 aliphatic carbocycles. The van der Waals surface area contributed by atoms with Gasteiger partial charge in [0, 0.05) is 25.2 Å². The largest absolute Gasteiger partial charge is 0.462 e. The molecule has 2 rings (SSSR count). The van der Waals surface area contributed by atoms with E-state index < -0.39 is 0 Å². The molecule has 1 N–H and O–H groups in total. The predicted molar refractivity (Wildman–Crippen MR) is 105 cm³/mol. The second-order valence-corrected chi connectivity index (χ2v) is 6.61. The average Bonchev–Trinajstić information content (AvgIpc) is 2.59. The molecule has 1 aliphatic rings. The number of hydrogen-bond donors (Lipinski definition) is 1. The molecule has 0 bridgehead atoms. The summed E-state index contributed by atoms with van der Waals surface area (Å²) >= 11 is 0. The molecule has 0 aromatic heterocycles. The minimum Gasteiger partial charge on any atom is -0.462 e. The molecule has 1 amide bonds. The van der Waals surface area contributed by atoms with Crippen molar-refractivity contribution in [1.82, 2.24) is 0 Å². The first-order valence-electron chi connectivity index (χ1n) is 8.95. The van der Waals surface area contributed by atoms with Gasteiger partial charge in [0.25, 0.3) is 0 Å². The third kappa shape index (κ3) is 6.50. The normalized spacial score (nSPS) is 13.9. The van der Waals surface area contributed by atoms with Gasteiger partial charge in [-0.1, -0.05) is 20.8 Å². The lowest BCUT2D eigenvalue weighted by molar-refractivity contribution is -0.116. The Morgan fingerprint density at radius 1 is 1.27 bits per heavy atom. The molecule has 6 nitrogen and oxygen atoms in total. The molecule has 0 unspecified atom stereocenters. The summed E-state index contributed by atoms with van der Waals surface area (Å²) in [5.41, 5.74) is 1.93. The van der Waals surface area contributed by atoms with Gasteiger partial charge < -0.3 is 19.7 Å². The van der Waals surface area contributed by atoms with E-state index in [4.69, 9.17) is 9.47 Å². The van der Waals surface area contributed by atoms with Gasteiger partial charge in [-0.15, -0.1) is 12.4 Å². The van der Waals surface area contributed by atoms with Gasteiger partial charge in [-0.2, -0.15) is 0 Å². The molecule has 1 aliphatic heterocycles. The van der Waals surface area contributed by atoms with Crippen LogP contribution in [0.5, 0.6) is 0 Å². The van der Waals surface area contributed by atoms with Crippen LogP contribution in [0.2, 0.25) is 0 Å². The van der Waals surface area contributed by atoms with Gasteiger partial charge >= 0.3 is 5.97 Å². The van der Waals surface area contributed by atoms with Gasteiger partial charge in [0.15, 0.2) is 0 Å². The van der Waals surface area contributed by atoms with E-state index in [1.807, 2.05) is 32.9 Å². The first kappa shape index (κ1) is 22.3. The van der Waals surface area contributed by atoms with Crippen LogP contribution >= 0.6 is 12.4 Å². The Balaban J connectivity index is 0.00000338. The number of carbonyl (C=O) groups is 2. The molecule has 146 valence electrons. The van der Waals surface area contributed by atoms with Crippen molar-refractivity contribution in [3.05, 3.63) is 23.8 Å². The molecular formula is C19H29ClN2O4. The summed E-state index contributed by atoms with van der Waals surface area (Å²) in [5, 5.41) is 2.86. The number of ether oxygens (including phenoxy) is 2. The van der Waals surface area contributed by atoms with Crippen LogP contribution in [0, 0.1) is 5.92 Å². The van der Waals surface area contributed by atoms with Crippen LogP contribution in [0.4, 0.5) is 11.4 Å². The maximum Gasteiger partial charge on any atom is 0.340 e. The van der Waals surface area contributed by atoms with Gasteiger partial charge in [-0.25, -0.2) is 4.79 Å². The number of anilines is 2. The monoisotopic (exact) mass is 384 g/mol. The standard InChI is InChI=1S/C19H28N2O4.ClH/c1-4-9-25-19(23)16-13-15(20-18(22)12-14(2)3)5-6-17(16)21-7-10-24-11-8-21;/h5-6,13-14H,4,7-12H2,1-3H3,(H,20,22);1H. The molecule has 1 fully saturated rings. The first-order chi connectivity index (χ1) is 12.0. The summed E-state index contributed by atoms with van der Waals surface area (Å²) in [5.74, 6) is -0.132. The van der Waals surface area contributed by atoms with Crippen LogP contribution in [-0.2, 0) is 14.3 Å². The topological polar surface area (TPSA) is 67.9 Å². The molecule has 1 aromatic carbocycles. The second kappa shape index (κ2) is 11.0. The fourth-order valence-electron chi connectivity index (χ4n) is 2.71. The van der Waals surface area contributed by atoms with Crippen molar-refractivity contribution in [3.8, 4) is 0 Å². The van der Waals surface area contributed by atoms with Gasteiger partial charge in [0.2, 0.25) is 5.91 Å². The molecule has 0 radical (unpaired) electrons. The Kier molecular flexibility index (Phi) is 9.44. The predicted octanol–water partition coefficient (Wildman–Crippen LogP) is 3.50. The highest BCUT2D eigenvalue weighted by Gasteiger charge is 2.21. The minimum absolute atomic E-state index is 0. The van der Waals surface area contributed by atoms with Gasteiger partial charge in [0.1, 0.15) is 0 Å². The van der Waals surface area contributed by atoms with Crippen molar-refractivity contribution in [2.24, 2.45) is 5.92 Å². The maximum absolute atomic E-state index is 12.5. The Labute approximate surface area is 161 Å². The third-order valence-corrected chi connectivity index (χ3v) is 3.88. The Morgan fingerprint density at radius 2 is 1.96 bits per heavy atom. The molecule has 0 atom stereocenters. The van der Waals surface area contributed by atoms with Gasteiger partial charge in [-0.3, -0.25) is 4.79 Å². The van der Waals surface area contributed by atoms with Crippen molar-refractivity contribution in [3.63, 3.8) is 0 Å². The number of halogens is 1. The molecule has 1 heterocycles. The van der Waals surface area contributed by atoms with E-state index in [-0.39, 0.29) is 30.2 Å². The smallest absolute Gasteiger partial charge is 0.340 e. The zero-order valence-electron chi connectivity index (χ0n) is 15.7. The number of amides is 1. The van der Waals surface area contributed by atoms with Crippen molar-refractivity contribution in [1.29, 1.82) is 0 Å². The van der Waals surface area contributed by atoms with E-state index in [0.717, 1.165) is 25.2 Å². The molecular weight excluding hydrogens is 356 g/mol. The number of nitrogens with zero attached hydrogens (tertiary/aromatic N) is 1. The summed E-state index contributed by atoms with van der Waals surface area (Å²) in [7, 11) is 0. The van der Waals surface area contributed by atoms with E-state index in [1.165, 1.54) is 0 Å². The van der Waals surface area contributed by atoms with Crippen molar-refractivity contribution < 1.29 is 19.1 Å². The fraction of sp³-hybridized carbons (Fsp3) is 0.579. The first-order valence-corrected chi connectivity index (χ1v) is 8.95. The summed E-state index contributed by atoms with van der Waals surface area (Å²) < 4.78 is 10.7. The number of nitrogens with one attached hydrogen (secondary N) is 1. The lowest BCUT2D eigenvalue weighted by atomic mass is 10.1. The lowest BCUT2D eigenvalue weighted by Gasteiger charge is -2.30. The Bertz CT molecular complexity index is 601. The zero-order chi connectivity index (χ0) is 18.2. The van der Waals surface area contributed by atoms with Gasteiger partial charge in [-0.05, 0) is 30.5 Å². The second-order valence-electron chi connectivity index (χ2n) is 6.61. The van der Waals surface area contributed by atoms with E-state index >= 15 is 0 Å². The van der Waals surface area contributed by atoms with E-state index in [0.29, 0.717) is 37.5 Å². The van der Waals surface area contributed by atoms with Crippen LogP contribution in [-0.4, -0.2) is 44.8 Å². The Morgan fingerprint density at radius 3 is 2.58 bits per heavy atom. The summed E-state index contributed by atoms with van der Waals surface area (Å²) in [6, 6.07) is 5.42. The minimum atomic E-state index is -0.358. The van der Waals surface area contributed by atoms with Crippen molar-refractivity contribution in [2.45, 2.75) is 33.6 Å². The third-order valence-electron chi connectivity index (χ3n) is 3.88. The van der Waals surface area contributed by atoms with Crippen LogP contribution in [0.3, 0.4) is 0 Å². The van der Waals surface area contributed by atoms with Crippen molar-refractivity contribution >= 4 is 35.7 Å². The lowest BCUT2D eigenvalue weighted by Crippen LogP contribution is -2.37. The molecule has 1 aromatic rings. The quantitative estimate of drug-likeness (QED) is 0.729. The average molecular weight is 385 g/mol. The van der Waals surface area contributed by atoms with Crippen LogP contribution < -0.4 is 10.2 Å². The molecule has 7 heteroatoms. The van der Waals surface area contributed by atoms with E-state index in [1.54, 1.807) is 6.07 Å². The van der Waals surface area contributed by atoms with Crippen LogP contribution in [0.25, 0.3) is 0 Å². The number of hydrogen-bond acceptors (Lipinski definition) is 5. The number of esters is 1. The zero-order valence-corrected chi connectivity index (χ0v) is 16.6. The maximum atomic E-state index is 12.5. The highest BCUT2D eigenvalue weighted by Crippen LogP contribution is 2.26. The molecule has 0 saturated carbocycles. The van der Waals surface area contributed by atoms with Crippen LogP contribution in [0.15, 0.2) is 18.2 Å². The molecule has 1 saturated heterocycles. The summed E-state index contributed by atoms with van der Waals surface area (Å²) in [6.07, 6.45) is 1.21. The van der Waals surface area contributed by atoms with Crippen LogP contribution in [0.1, 0.15) is 44.0 Å². The summed E-state index contributed by atoms with van der Waals surface area (Å²) in [4.78, 5) is 26.6. The molecule has 26 heavy (non-hydrogen) atoms. The van der Waals surface area contributed by atoms with Gasteiger partial charge in [0.05, 0.1) is 31.1 Å². The summed E-state index contributed by atoms with van der Waals surface area (Å²) in [6.45, 7) is 9.06.